The van der Waals surface area contributed by atoms with Crippen molar-refractivity contribution in [2.75, 3.05) is 0 Å². The first-order chi connectivity index (χ1) is 12.2. The van der Waals surface area contributed by atoms with Gasteiger partial charge in [0.15, 0.2) is 0 Å². The van der Waals surface area contributed by atoms with Crippen LogP contribution >= 0.6 is 0 Å². The van der Waals surface area contributed by atoms with Gasteiger partial charge in [-0.2, -0.15) is 0 Å². The lowest BCUT2D eigenvalue weighted by Crippen LogP contribution is -2.14. The summed E-state index contributed by atoms with van der Waals surface area (Å²) in [5, 5.41) is 1.34. The Kier molecular flexibility index (Phi) is 5.23. The van der Waals surface area contributed by atoms with Crippen LogP contribution in [-0.2, 0) is 6.54 Å². The minimum Gasteiger partial charge on any atom is -0.343 e. The largest absolute Gasteiger partial charge is 0.343 e. The van der Waals surface area contributed by atoms with Gasteiger partial charge in [0.1, 0.15) is 0 Å². The Hall–Kier alpha value is -2.54. The summed E-state index contributed by atoms with van der Waals surface area (Å²) < 4.78 is 2.37. The van der Waals surface area contributed by atoms with E-state index in [2.05, 4.69) is 105 Å². The van der Waals surface area contributed by atoms with Crippen LogP contribution in [0.5, 0.6) is 0 Å². The molecule has 1 heterocycles. The van der Waals surface area contributed by atoms with Crippen molar-refractivity contribution in [1.82, 2.24) is 4.57 Å². The third kappa shape index (κ3) is 3.46. The summed E-state index contributed by atoms with van der Waals surface area (Å²) >= 11 is 0. The van der Waals surface area contributed by atoms with Crippen molar-refractivity contribution >= 4 is 10.9 Å². The smallest absolute Gasteiger partial charge is 0.0486 e. The average molecular weight is 329 g/mol. The highest BCUT2D eigenvalue weighted by Crippen LogP contribution is 2.38. The predicted molar refractivity (Wildman–Crippen MR) is 109 cm³/mol. The summed E-state index contributed by atoms with van der Waals surface area (Å²) in [6, 6.07) is 19.4. The molecule has 1 nitrogen and oxygen atoms in total. The third-order valence-electron chi connectivity index (χ3n) is 5.25. The SMILES string of the molecule is C=CC(C)C(c1cn(Cc2ccccc2)c2ccccc12)C(C)C=C. The zero-order valence-electron chi connectivity index (χ0n) is 15.2. The van der Waals surface area contributed by atoms with Crippen LogP contribution in [0.3, 0.4) is 0 Å². The van der Waals surface area contributed by atoms with Gasteiger partial charge in [-0.1, -0.05) is 74.5 Å². The van der Waals surface area contributed by atoms with Crippen LogP contribution < -0.4 is 0 Å². The summed E-state index contributed by atoms with van der Waals surface area (Å²) in [4.78, 5) is 0. The number of fused-ring (bicyclic) bond motifs is 1. The highest BCUT2D eigenvalue weighted by molar-refractivity contribution is 5.84. The van der Waals surface area contributed by atoms with E-state index in [1.165, 1.54) is 22.0 Å². The Labute approximate surface area is 151 Å². The molecular formula is C24H27N. The number of para-hydroxylation sites is 1. The van der Waals surface area contributed by atoms with Crippen LogP contribution in [0.2, 0.25) is 0 Å². The lowest BCUT2D eigenvalue weighted by atomic mass is 9.78. The molecule has 3 aromatic rings. The molecule has 2 aromatic carbocycles. The van der Waals surface area contributed by atoms with E-state index < -0.39 is 0 Å². The molecule has 0 bridgehead atoms. The number of allylic oxidation sites excluding steroid dienone is 2. The highest BCUT2D eigenvalue weighted by Gasteiger charge is 2.25. The Balaban J connectivity index is 2.12. The molecular weight excluding hydrogens is 302 g/mol. The van der Waals surface area contributed by atoms with Crippen molar-refractivity contribution in [2.45, 2.75) is 26.3 Å². The molecule has 0 radical (unpaired) electrons. The summed E-state index contributed by atoms with van der Waals surface area (Å²) in [5.41, 5.74) is 4.00. The maximum absolute atomic E-state index is 4.04. The number of hydrogen-bond donors (Lipinski definition) is 0. The highest BCUT2D eigenvalue weighted by atomic mass is 15.0. The monoisotopic (exact) mass is 329 g/mol. The zero-order chi connectivity index (χ0) is 17.8. The summed E-state index contributed by atoms with van der Waals surface area (Å²) in [5.74, 6) is 1.17. The Bertz CT molecular complexity index is 842. The van der Waals surface area contributed by atoms with E-state index in [0.717, 1.165) is 6.54 Å². The Morgan fingerprint density at radius 1 is 0.880 bits per heavy atom. The van der Waals surface area contributed by atoms with E-state index in [-0.39, 0.29) is 0 Å². The van der Waals surface area contributed by atoms with Gasteiger partial charge in [-0.25, -0.2) is 0 Å². The normalized spacial score (nSPS) is 14.8. The van der Waals surface area contributed by atoms with Crippen molar-refractivity contribution in [3.63, 3.8) is 0 Å². The van der Waals surface area contributed by atoms with E-state index in [9.17, 15) is 0 Å². The van der Waals surface area contributed by atoms with Crippen molar-refractivity contribution in [3.8, 4) is 0 Å². The summed E-state index contributed by atoms with van der Waals surface area (Å²) in [6.45, 7) is 13.5. The third-order valence-corrected chi connectivity index (χ3v) is 5.25. The molecule has 0 saturated carbocycles. The Morgan fingerprint density at radius 3 is 2.12 bits per heavy atom. The molecule has 2 unspecified atom stereocenters. The molecule has 1 aromatic heterocycles. The zero-order valence-corrected chi connectivity index (χ0v) is 15.2. The summed E-state index contributed by atoms with van der Waals surface area (Å²) in [7, 11) is 0. The molecule has 0 aliphatic heterocycles. The standard InChI is InChI=1S/C24H27N/c1-5-18(3)24(19(4)6-2)22-17-25(16-20-12-8-7-9-13-20)23-15-11-10-14-21(22)23/h5-15,17-19,24H,1-2,16H2,3-4H3. The van der Waals surface area contributed by atoms with Crippen molar-refractivity contribution in [2.24, 2.45) is 11.8 Å². The quantitative estimate of drug-likeness (QED) is 0.441. The molecule has 3 rings (SSSR count). The van der Waals surface area contributed by atoms with Crippen LogP contribution in [0.15, 0.2) is 86.1 Å². The molecule has 0 aliphatic carbocycles. The lowest BCUT2D eigenvalue weighted by Gasteiger charge is -2.25. The van der Waals surface area contributed by atoms with Crippen LogP contribution in [0, 0.1) is 11.8 Å². The van der Waals surface area contributed by atoms with Crippen molar-refractivity contribution in [3.05, 3.63) is 97.2 Å². The van der Waals surface area contributed by atoms with Crippen LogP contribution in [0.1, 0.15) is 30.9 Å². The lowest BCUT2D eigenvalue weighted by molar-refractivity contribution is 0.454. The van der Waals surface area contributed by atoms with Crippen molar-refractivity contribution < 1.29 is 0 Å². The minimum atomic E-state index is 0.386. The second-order valence-electron chi connectivity index (χ2n) is 6.93. The minimum absolute atomic E-state index is 0.386. The van der Waals surface area contributed by atoms with Gasteiger partial charge < -0.3 is 4.57 Å². The van der Waals surface area contributed by atoms with Crippen LogP contribution in [0.25, 0.3) is 10.9 Å². The van der Waals surface area contributed by atoms with Gasteiger partial charge in [0, 0.05) is 23.6 Å². The molecule has 0 fully saturated rings. The molecule has 1 heteroatoms. The fourth-order valence-corrected chi connectivity index (χ4v) is 3.79. The topological polar surface area (TPSA) is 4.93 Å². The first-order valence-electron chi connectivity index (χ1n) is 9.02. The number of nitrogens with zero attached hydrogens (tertiary/aromatic N) is 1. The van der Waals surface area contributed by atoms with Gasteiger partial charge in [0.05, 0.1) is 0 Å². The molecule has 0 amide bonds. The van der Waals surface area contributed by atoms with E-state index in [0.29, 0.717) is 17.8 Å². The molecule has 2 atom stereocenters. The molecule has 0 spiro atoms. The first-order valence-corrected chi connectivity index (χ1v) is 9.02. The molecule has 25 heavy (non-hydrogen) atoms. The summed E-state index contributed by atoms with van der Waals surface area (Å²) in [6.07, 6.45) is 6.46. The Morgan fingerprint density at radius 2 is 1.48 bits per heavy atom. The van der Waals surface area contributed by atoms with E-state index in [1.807, 2.05) is 0 Å². The second-order valence-corrected chi connectivity index (χ2v) is 6.93. The van der Waals surface area contributed by atoms with Gasteiger partial charge in [-0.15, -0.1) is 13.2 Å². The molecule has 128 valence electrons. The maximum Gasteiger partial charge on any atom is 0.0486 e. The molecule has 0 saturated heterocycles. The number of hydrogen-bond acceptors (Lipinski definition) is 0. The van der Waals surface area contributed by atoms with E-state index in [4.69, 9.17) is 0 Å². The van der Waals surface area contributed by atoms with E-state index >= 15 is 0 Å². The van der Waals surface area contributed by atoms with E-state index in [1.54, 1.807) is 0 Å². The predicted octanol–water partition coefficient (Wildman–Crippen LogP) is 6.42. The maximum atomic E-state index is 4.04. The second kappa shape index (κ2) is 7.57. The van der Waals surface area contributed by atoms with Gasteiger partial charge in [0.2, 0.25) is 0 Å². The van der Waals surface area contributed by atoms with Gasteiger partial charge in [-0.3, -0.25) is 0 Å². The van der Waals surface area contributed by atoms with Crippen LogP contribution in [0.4, 0.5) is 0 Å². The van der Waals surface area contributed by atoms with Gasteiger partial charge in [0.25, 0.3) is 0 Å². The number of aromatic nitrogens is 1. The number of rotatable bonds is 7. The van der Waals surface area contributed by atoms with Gasteiger partial charge >= 0.3 is 0 Å². The number of benzene rings is 2. The fourth-order valence-electron chi connectivity index (χ4n) is 3.79. The fraction of sp³-hybridized carbons (Fsp3) is 0.250. The molecule has 0 N–H and O–H groups in total. The average Bonchev–Trinajstić information content (AvgIpc) is 3.01. The molecule has 0 aliphatic rings. The van der Waals surface area contributed by atoms with Gasteiger partial charge in [-0.05, 0) is 34.9 Å². The van der Waals surface area contributed by atoms with Crippen molar-refractivity contribution in [1.29, 1.82) is 0 Å². The van der Waals surface area contributed by atoms with Crippen LogP contribution in [-0.4, -0.2) is 4.57 Å². The first kappa shape index (κ1) is 17.3.